The largest absolute Gasteiger partial charge is 0.497 e. The summed E-state index contributed by atoms with van der Waals surface area (Å²) >= 11 is 1.37. The molecule has 33 heavy (non-hydrogen) atoms. The molecule has 8 heteroatoms. The first-order chi connectivity index (χ1) is 16.0. The first-order valence-corrected chi connectivity index (χ1v) is 12.3. The highest BCUT2D eigenvalue weighted by molar-refractivity contribution is 7.99. The summed E-state index contributed by atoms with van der Waals surface area (Å²) in [6, 6.07) is 15.9. The summed E-state index contributed by atoms with van der Waals surface area (Å²) < 4.78 is 7.17. The standard InChI is InChI=1S/C25H31N5O2S/c1-18-5-4-14-29(15-18)16-20-6-8-21(9-7-20)26-24(31)17-33-25-28-27-19(2)30(25)22-10-12-23(32-3)13-11-22/h6-13,18H,4-5,14-17H2,1-3H3,(H,26,31). The molecule has 2 heterocycles. The van der Waals surface area contributed by atoms with Crippen molar-refractivity contribution in [2.75, 3.05) is 31.3 Å². The molecular formula is C25H31N5O2S. The molecular weight excluding hydrogens is 434 g/mol. The van der Waals surface area contributed by atoms with Gasteiger partial charge in [-0.2, -0.15) is 0 Å². The van der Waals surface area contributed by atoms with Crippen LogP contribution in [0.25, 0.3) is 5.69 Å². The first-order valence-electron chi connectivity index (χ1n) is 11.3. The molecule has 1 aromatic heterocycles. The van der Waals surface area contributed by atoms with Gasteiger partial charge in [-0.05, 0) is 74.2 Å². The molecule has 1 fully saturated rings. The second kappa shape index (κ2) is 10.9. The van der Waals surface area contributed by atoms with Gasteiger partial charge in [-0.3, -0.25) is 14.3 Å². The van der Waals surface area contributed by atoms with Crippen molar-refractivity contribution in [2.24, 2.45) is 5.92 Å². The van der Waals surface area contributed by atoms with Crippen LogP contribution in [-0.2, 0) is 11.3 Å². The van der Waals surface area contributed by atoms with E-state index < -0.39 is 0 Å². The molecule has 0 saturated carbocycles. The number of nitrogens with zero attached hydrogens (tertiary/aromatic N) is 4. The van der Waals surface area contributed by atoms with E-state index in [9.17, 15) is 4.79 Å². The molecule has 1 saturated heterocycles. The van der Waals surface area contributed by atoms with E-state index in [2.05, 4.69) is 39.5 Å². The predicted octanol–water partition coefficient (Wildman–Crippen LogP) is 4.55. The highest BCUT2D eigenvalue weighted by Gasteiger charge is 2.16. The quantitative estimate of drug-likeness (QED) is 0.492. The summed E-state index contributed by atoms with van der Waals surface area (Å²) in [5.41, 5.74) is 3.02. The summed E-state index contributed by atoms with van der Waals surface area (Å²) in [5.74, 6) is 2.51. The normalized spacial score (nSPS) is 16.5. The van der Waals surface area contributed by atoms with Crippen molar-refractivity contribution in [1.82, 2.24) is 19.7 Å². The number of ether oxygens (including phenoxy) is 1. The average molecular weight is 466 g/mol. The maximum absolute atomic E-state index is 12.5. The minimum Gasteiger partial charge on any atom is -0.497 e. The van der Waals surface area contributed by atoms with Crippen LogP contribution in [0.3, 0.4) is 0 Å². The Kier molecular flexibility index (Phi) is 7.67. The van der Waals surface area contributed by atoms with Crippen LogP contribution in [-0.4, -0.2) is 51.5 Å². The van der Waals surface area contributed by atoms with Gasteiger partial charge in [-0.1, -0.05) is 30.8 Å². The Morgan fingerprint density at radius 3 is 2.61 bits per heavy atom. The van der Waals surface area contributed by atoms with Crippen LogP contribution in [0.5, 0.6) is 5.75 Å². The van der Waals surface area contributed by atoms with Gasteiger partial charge in [-0.15, -0.1) is 10.2 Å². The SMILES string of the molecule is COc1ccc(-n2c(C)nnc2SCC(=O)Nc2ccc(CN3CCCC(C)C3)cc2)cc1. The van der Waals surface area contributed by atoms with Crippen molar-refractivity contribution in [3.8, 4) is 11.4 Å². The Labute approximate surface area is 199 Å². The highest BCUT2D eigenvalue weighted by atomic mass is 32.2. The second-order valence-corrected chi connectivity index (χ2v) is 9.52. The van der Waals surface area contributed by atoms with Crippen LogP contribution >= 0.6 is 11.8 Å². The minimum atomic E-state index is -0.0699. The number of carbonyl (C=O) groups excluding carboxylic acids is 1. The molecule has 0 radical (unpaired) electrons. The number of piperidine rings is 1. The number of amides is 1. The number of hydrogen-bond donors (Lipinski definition) is 1. The lowest BCUT2D eigenvalue weighted by molar-refractivity contribution is -0.113. The molecule has 0 bridgehead atoms. The van der Waals surface area contributed by atoms with Crippen LogP contribution in [0.4, 0.5) is 5.69 Å². The Bertz CT molecular complexity index is 1070. The van der Waals surface area contributed by atoms with Gasteiger partial charge >= 0.3 is 0 Å². The summed E-state index contributed by atoms with van der Waals surface area (Å²) in [5, 5.41) is 12.1. The Morgan fingerprint density at radius 1 is 1.15 bits per heavy atom. The van der Waals surface area contributed by atoms with E-state index in [1.807, 2.05) is 47.9 Å². The van der Waals surface area contributed by atoms with Gasteiger partial charge in [0.05, 0.1) is 12.9 Å². The number of carbonyl (C=O) groups is 1. The van der Waals surface area contributed by atoms with Gasteiger partial charge in [0, 0.05) is 24.5 Å². The van der Waals surface area contributed by atoms with E-state index >= 15 is 0 Å². The van der Waals surface area contributed by atoms with Crippen molar-refractivity contribution < 1.29 is 9.53 Å². The topological polar surface area (TPSA) is 72.3 Å². The smallest absolute Gasteiger partial charge is 0.234 e. The number of aryl methyl sites for hydroxylation is 1. The van der Waals surface area contributed by atoms with Crippen molar-refractivity contribution >= 4 is 23.4 Å². The zero-order valence-electron chi connectivity index (χ0n) is 19.5. The Balaban J connectivity index is 1.31. The van der Waals surface area contributed by atoms with Gasteiger partial charge in [0.2, 0.25) is 5.91 Å². The number of thioether (sulfide) groups is 1. The predicted molar refractivity (Wildman–Crippen MR) is 132 cm³/mol. The van der Waals surface area contributed by atoms with Gasteiger partial charge in [0.25, 0.3) is 0 Å². The molecule has 4 rings (SSSR count). The van der Waals surface area contributed by atoms with Gasteiger partial charge in [0.1, 0.15) is 11.6 Å². The molecule has 174 valence electrons. The molecule has 3 aromatic rings. The fraction of sp³-hybridized carbons (Fsp3) is 0.400. The lowest BCUT2D eigenvalue weighted by Gasteiger charge is -2.30. The third-order valence-corrected chi connectivity index (χ3v) is 6.77. The van der Waals surface area contributed by atoms with E-state index in [-0.39, 0.29) is 11.7 Å². The van der Waals surface area contributed by atoms with E-state index in [0.29, 0.717) is 5.16 Å². The molecule has 1 aliphatic rings. The Morgan fingerprint density at radius 2 is 1.91 bits per heavy atom. The number of aromatic nitrogens is 3. The summed E-state index contributed by atoms with van der Waals surface area (Å²) in [6.07, 6.45) is 2.61. The number of anilines is 1. The van der Waals surface area contributed by atoms with Gasteiger partial charge in [0.15, 0.2) is 5.16 Å². The third-order valence-electron chi connectivity index (χ3n) is 5.84. The molecule has 1 atom stereocenters. The maximum Gasteiger partial charge on any atom is 0.234 e. The van der Waals surface area contributed by atoms with Crippen LogP contribution in [0.2, 0.25) is 0 Å². The van der Waals surface area contributed by atoms with Crippen LogP contribution in [0.1, 0.15) is 31.2 Å². The lowest BCUT2D eigenvalue weighted by Crippen LogP contribution is -2.33. The molecule has 7 nitrogen and oxygen atoms in total. The molecule has 1 unspecified atom stereocenters. The third kappa shape index (κ3) is 6.15. The van der Waals surface area contributed by atoms with E-state index in [0.717, 1.165) is 42.0 Å². The Hall–Kier alpha value is -2.84. The van der Waals surface area contributed by atoms with E-state index in [4.69, 9.17) is 4.74 Å². The highest BCUT2D eigenvalue weighted by Crippen LogP contribution is 2.24. The summed E-state index contributed by atoms with van der Waals surface area (Å²) in [7, 11) is 1.64. The maximum atomic E-state index is 12.5. The molecule has 0 aliphatic carbocycles. The van der Waals surface area contributed by atoms with Crippen LogP contribution in [0.15, 0.2) is 53.7 Å². The molecule has 1 amide bonds. The summed E-state index contributed by atoms with van der Waals surface area (Å²) in [6.45, 7) is 7.52. The number of hydrogen-bond acceptors (Lipinski definition) is 6. The van der Waals surface area contributed by atoms with Crippen LogP contribution < -0.4 is 10.1 Å². The molecule has 1 aliphatic heterocycles. The molecule has 1 N–H and O–H groups in total. The fourth-order valence-electron chi connectivity index (χ4n) is 4.17. The van der Waals surface area contributed by atoms with Gasteiger partial charge < -0.3 is 10.1 Å². The number of methoxy groups -OCH3 is 1. The zero-order chi connectivity index (χ0) is 23.2. The second-order valence-electron chi connectivity index (χ2n) is 8.58. The van der Waals surface area contributed by atoms with E-state index in [1.165, 1.54) is 36.7 Å². The average Bonchev–Trinajstić information content (AvgIpc) is 3.19. The lowest BCUT2D eigenvalue weighted by atomic mass is 10.00. The van der Waals surface area contributed by atoms with Crippen molar-refractivity contribution in [1.29, 1.82) is 0 Å². The van der Waals surface area contributed by atoms with Crippen molar-refractivity contribution in [2.45, 2.75) is 38.4 Å². The summed E-state index contributed by atoms with van der Waals surface area (Å²) in [4.78, 5) is 15.1. The zero-order valence-corrected chi connectivity index (χ0v) is 20.3. The number of nitrogens with one attached hydrogen (secondary N) is 1. The van der Waals surface area contributed by atoms with E-state index in [1.54, 1.807) is 7.11 Å². The number of rotatable bonds is 8. The monoisotopic (exact) mass is 465 g/mol. The first kappa shape index (κ1) is 23.3. The van der Waals surface area contributed by atoms with Crippen molar-refractivity contribution in [3.63, 3.8) is 0 Å². The minimum absolute atomic E-state index is 0.0699. The number of likely N-dealkylation sites (tertiary alicyclic amines) is 1. The molecule has 0 spiro atoms. The fourth-order valence-corrected chi connectivity index (χ4v) is 4.97. The molecule has 2 aromatic carbocycles. The van der Waals surface area contributed by atoms with Crippen molar-refractivity contribution in [3.05, 3.63) is 59.9 Å². The van der Waals surface area contributed by atoms with Gasteiger partial charge in [-0.25, -0.2) is 0 Å². The van der Waals surface area contributed by atoms with Crippen LogP contribution in [0, 0.1) is 12.8 Å². The number of benzene rings is 2.